The molecule has 0 spiro atoms. The predicted octanol–water partition coefficient (Wildman–Crippen LogP) is 4.44. The third-order valence-electron chi connectivity index (χ3n) is 6.24. The molecule has 35 heavy (non-hydrogen) atoms. The lowest BCUT2D eigenvalue weighted by Crippen LogP contribution is -2.48. The first-order chi connectivity index (χ1) is 16.9. The molecule has 8 nitrogen and oxygen atoms in total. The molecule has 2 aromatic carbocycles. The molecule has 0 unspecified atom stereocenters. The highest BCUT2D eigenvalue weighted by Crippen LogP contribution is 2.29. The van der Waals surface area contributed by atoms with Gasteiger partial charge in [0.1, 0.15) is 0 Å². The fourth-order valence-corrected chi connectivity index (χ4v) is 4.06. The average Bonchev–Trinajstić information content (AvgIpc) is 3.32. The van der Waals surface area contributed by atoms with Crippen molar-refractivity contribution in [3.05, 3.63) is 59.5 Å². The summed E-state index contributed by atoms with van der Waals surface area (Å²) >= 11 is 0. The molecule has 0 N–H and O–H groups in total. The Hall–Kier alpha value is -3.39. The van der Waals surface area contributed by atoms with Gasteiger partial charge >= 0.3 is 0 Å². The Balaban J connectivity index is 1.31. The number of aromatic nitrogens is 2. The van der Waals surface area contributed by atoms with Crippen LogP contribution in [0.5, 0.6) is 11.5 Å². The summed E-state index contributed by atoms with van der Waals surface area (Å²) in [5.74, 6) is 3.00. The van der Waals surface area contributed by atoms with E-state index in [0.29, 0.717) is 60.9 Å². The van der Waals surface area contributed by atoms with Gasteiger partial charge in [-0.3, -0.25) is 9.69 Å². The number of piperazine rings is 1. The molecule has 8 heteroatoms. The zero-order valence-corrected chi connectivity index (χ0v) is 21.0. The molecule has 0 aliphatic carbocycles. The minimum atomic E-state index is -0.00342. The van der Waals surface area contributed by atoms with Crippen molar-refractivity contribution in [3.8, 4) is 22.9 Å². The average molecular weight is 479 g/mol. The molecule has 2 heterocycles. The lowest BCUT2D eigenvalue weighted by molar-refractivity contribution is 0.0614. The third-order valence-corrected chi connectivity index (χ3v) is 6.24. The molecule has 0 saturated carbocycles. The van der Waals surface area contributed by atoms with Crippen molar-refractivity contribution in [2.24, 2.45) is 5.92 Å². The van der Waals surface area contributed by atoms with Gasteiger partial charge < -0.3 is 18.9 Å². The van der Waals surface area contributed by atoms with Crippen LogP contribution in [0.15, 0.2) is 47.0 Å². The number of methoxy groups -OCH3 is 1. The summed E-state index contributed by atoms with van der Waals surface area (Å²) in [5.41, 5.74) is 2.69. The number of amides is 1. The molecule has 1 fully saturated rings. The van der Waals surface area contributed by atoms with Crippen molar-refractivity contribution in [1.82, 2.24) is 19.9 Å². The van der Waals surface area contributed by atoms with Crippen LogP contribution in [-0.4, -0.2) is 65.7 Å². The maximum Gasteiger partial charge on any atom is 0.254 e. The van der Waals surface area contributed by atoms with Crippen molar-refractivity contribution >= 4 is 5.91 Å². The fraction of sp³-hybridized carbons (Fsp3) is 0.444. The smallest absolute Gasteiger partial charge is 0.254 e. The van der Waals surface area contributed by atoms with Gasteiger partial charge in [0.15, 0.2) is 11.5 Å². The van der Waals surface area contributed by atoms with Crippen LogP contribution >= 0.6 is 0 Å². The fourth-order valence-electron chi connectivity index (χ4n) is 4.06. The predicted molar refractivity (Wildman–Crippen MR) is 134 cm³/mol. The SMILES string of the molecule is COc1cc(C(=O)N2CCN(Cc3nc(-c4ccccc4C)no3)CC2)ccc1OCCC(C)C. The summed E-state index contributed by atoms with van der Waals surface area (Å²) in [6.45, 7) is 10.3. The monoisotopic (exact) mass is 478 g/mol. The highest BCUT2D eigenvalue weighted by molar-refractivity contribution is 5.95. The van der Waals surface area contributed by atoms with Crippen LogP contribution in [-0.2, 0) is 6.54 Å². The second kappa shape index (κ2) is 11.4. The third kappa shape index (κ3) is 6.19. The molecule has 1 aromatic heterocycles. The second-order valence-corrected chi connectivity index (χ2v) is 9.29. The van der Waals surface area contributed by atoms with Crippen LogP contribution in [0.25, 0.3) is 11.4 Å². The summed E-state index contributed by atoms with van der Waals surface area (Å²) in [4.78, 5) is 21.8. The van der Waals surface area contributed by atoms with E-state index in [1.807, 2.05) is 48.2 Å². The summed E-state index contributed by atoms with van der Waals surface area (Å²) in [5, 5.41) is 4.15. The van der Waals surface area contributed by atoms with Gasteiger partial charge in [-0.25, -0.2) is 0 Å². The van der Waals surface area contributed by atoms with E-state index in [1.54, 1.807) is 13.2 Å². The first kappa shape index (κ1) is 24.7. The number of aryl methyl sites for hydroxylation is 1. The minimum Gasteiger partial charge on any atom is -0.493 e. The molecule has 186 valence electrons. The van der Waals surface area contributed by atoms with Gasteiger partial charge in [0.05, 0.1) is 20.3 Å². The molecular formula is C27H34N4O4. The van der Waals surface area contributed by atoms with Crippen molar-refractivity contribution < 1.29 is 18.8 Å². The summed E-state index contributed by atoms with van der Waals surface area (Å²) in [7, 11) is 1.60. The molecule has 1 amide bonds. The summed E-state index contributed by atoms with van der Waals surface area (Å²) < 4.78 is 16.8. The van der Waals surface area contributed by atoms with Crippen LogP contribution in [0.3, 0.4) is 0 Å². The summed E-state index contributed by atoms with van der Waals surface area (Å²) in [6.07, 6.45) is 0.963. The van der Waals surface area contributed by atoms with Gasteiger partial charge in [-0.1, -0.05) is 43.3 Å². The quantitative estimate of drug-likeness (QED) is 0.450. The number of benzene rings is 2. The van der Waals surface area contributed by atoms with Crippen molar-refractivity contribution in [1.29, 1.82) is 0 Å². The minimum absolute atomic E-state index is 0.00342. The van der Waals surface area contributed by atoms with E-state index in [1.165, 1.54) is 0 Å². The highest BCUT2D eigenvalue weighted by Gasteiger charge is 2.24. The van der Waals surface area contributed by atoms with E-state index in [4.69, 9.17) is 14.0 Å². The lowest BCUT2D eigenvalue weighted by atomic mass is 10.1. The maximum atomic E-state index is 13.1. The van der Waals surface area contributed by atoms with Crippen molar-refractivity contribution in [3.63, 3.8) is 0 Å². The molecule has 0 radical (unpaired) electrons. The van der Waals surface area contributed by atoms with E-state index >= 15 is 0 Å². The number of rotatable bonds is 9. The first-order valence-corrected chi connectivity index (χ1v) is 12.2. The molecule has 0 bridgehead atoms. The normalized spacial score (nSPS) is 14.4. The van der Waals surface area contributed by atoms with Gasteiger partial charge in [-0.2, -0.15) is 4.98 Å². The Morgan fingerprint density at radius 2 is 1.86 bits per heavy atom. The topological polar surface area (TPSA) is 80.9 Å². The number of nitrogens with zero attached hydrogens (tertiary/aromatic N) is 4. The van der Waals surface area contributed by atoms with Gasteiger partial charge in [-0.15, -0.1) is 0 Å². The van der Waals surface area contributed by atoms with Crippen LogP contribution in [0.1, 0.15) is 42.1 Å². The molecule has 1 saturated heterocycles. The van der Waals surface area contributed by atoms with Crippen LogP contribution < -0.4 is 9.47 Å². The maximum absolute atomic E-state index is 13.1. The number of ether oxygens (including phenoxy) is 2. The van der Waals surface area contributed by atoms with Crippen LogP contribution in [0.2, 0.25) is 0 Å². The molecule has 4 rings (SSSR count). The molecule has 1 aliphatic rings. The van der Waals surface area contributed by atoms with Gasteiger partial charge in [0, 0.05) is 37.3 Å². The van der Waals surface area contributed by atoms with Crippen molar-refractivity contribution in [2.75, 3.05) is 39.9 Å². The zero-order chi connectivity index (χ0) is 24.8. The Morgan fingerprint density at radius 1 is 1.09 bits per heavy atom. The molecule has 3 aromatic rings. The van der Waals surface area contributed by atoms with E-state index < -0.39 is 0 Å². The second-order valence-electron chi connectivity index (χ2n) is 9.29. The largest absolute Gasteiger partial charge is 0.493 e. The lowest BCUT2D eigenvalue weighted by Gasteiger charge is -2.34. The summed E-state index contributed by atoms with van der Waals surface area (Å²) in [6, 6.07) is 13.4. The van der Waals surface area contributed by atoms with Crippen molar-refractivity contribution in [2.45, 2.75) is 33.7 Å². The Labute approximate surface area is 206 Å². The van der Waals surface area contributed by atoms with E-state index in [-0.39, 0.29) is 5.91 Å². The Morgan fingerprint density at radius 3 is 2.57 bits per heavy atom. The van der Waals surface area contributed by atoms with Crippen LogP contribution in [0.4, 0.5) is 0 Å². The van der Waals surface area contributed by atoms with Gasteiger partial charge in [0.2, 0.25) is 11.7 Å². The molecular weight excluding hydrogens is 444 g/mol. The highest BCUT2D eigenvalue weighted by atomic mass is 16.5. The molecule has 1 aliphatic heterocycles. The van der Waals surface area contributed by atoms with E-state index in [2.05, 4.69) is 28.9 Å². The van der Waals surface area contributed by atoms with E-state index in [9.17, 15) is 4.79 Å². The number of hydrogen-bond acceptors (Lipinski definition) is 7. The van der Waals surface area contributed by atoms with Gasteiger partial charge in [-0.05, 0) is 43.0 Å². The number of carbonyl (C=O) groups is 1. The Kier molecular flexibility index (Phi) is 8.02. The zero-order valence-electron chi connectivity index (χ0n) is 21.0. The molecule has 0 atom stereocenters. The van der Waals surface area contributed by atoms with Crippen LogP contribution in [0, 0.1) is 12.8 Å². The van der Waals surface area contributed by atoms with Gasteiger partial charge in [0.25, 0.3) is 5.91 Å². The number of carbonyl (C=O) groups excluding carboxylic acids is 1. The van der Waals surface area contributed by atoms with E-state index in [0.717, 1.165) is 30.6 Å². The number of hydrogen-bond donors (Lipinski definition) is 0. The standard InChI is InChI=1S/C27H34N4O4/c1-19(2)11-16-34-23-10-9-21(17-24(23)33-4)27(32)31-14-12-30(13-15-31)18-25-28-26(29-35-25)22-8-6-5-7-20(22)3/h5-10,17,19H,11-16,18H2,1-4H3. The Bertz CT molecular complexity index is 1140. The first-order valence-electron chi connectivity index (χ1n) is 12.2.